The van der Waals surface area contributed by atoms with Crippen molar-refractivity contribution in [1.82, 2.24) is 30.1 Å². The fraction of sp³-hybridized carbons (Fsp3) is 0.364. The van der Waals surface area contributed by atoms with Gasteiger partial charge in [0, 0.05) is 63.0 Å². The zero-order chi connectivity index (χ0) is 31.5. The van der Waals surface area contributed by atoms with Gasteiger partial charge in [-0.15, -0.1) is 0 Å². The first kappa shape index (κ1) is 30.6. The van der Waals surface area contributed by atoms with Gasteiger partial charge in [-0.1, -0.05) is 18.2 Å². The van der Waals surface area contributed by atoms with Crippen molar-refractivity contribution in [3.05, 3.63) is 95.2 Å². The first-order chi connectivity index (χ1) is 21.8. The van der Waals surface area contributed by atoms with E-state index in [0.717, 1.165) is 18.5 Å². The molecule has 45 heavy (non-hydrogen) atoms. The van der Waals surface area contributed by atoms with Gasteiger partial charge in [0.2, 0.25) is 5.95 Å². The number of nitrogens with one attached hydrogen (secondary N) is 1. The minimum Gasteiger partial charge on any atom is -0.383 e. The Morgan fingerprint density at radius 3 is 2.62 bits per heavy atom. The maximum absolute atomic E-state index is 15.1. The van der Waals surface area contributed by atoms with Gasteiger partial charge in [0.15, 0.2) is 11.5 Å². The molecule has 1 aromatic carbocycles. The lowest BCUT2D eigenvalue weighted by molar-refractivity contribution is -0.155. The van der Waals surface area contributed by atoms with Crippen LogP contribution in [0.3, 0.4) is 0 Å². The summed E-state index contributed by atoms with van der Waals surface area (Å²) in [5.41, 5.74) is 3.29. The zero-order valence-electron chi connectivity index (χ0n) is 25.1. The van der Waals surface area contributed by atoms with Crippen LogP contribution in [0, 0.1) is 24.6 Å². The third-order valence-electron chi connectivity index (χ3n) is 8.09. The van der Waals surface area contributed by atoms with Crippen LogP contribution in [0.2, 0.25) is 0 Å². The molecular weight excluding hydrogens is 582 g/mol. The number of aromatic nitrogens is 4. The summed E-state index contributed by atoms with van der Waals surface area (Å²) in [6.07, 6.45) is 4.29. The minimum atomic E-state index is -0.741. The highest BCUT2D eigenvalue weighted by molar-refractivity contribution is 5.93. The Balaban J connectivity index is 1.27. The lowest BCUT2D eigenvalue weighted by Gasteiger charge is -2.17. The van der Waals surface area contributed by atoms with E-state index in [2.05, 4.69) is 15.3 Å². The number of ether oxygens (including phenoxy) is 1. The summed E-state index contributed by atoms with van der Waals surface area (Å²) in [5, 5.41) is 9.29. The molecule has 2 fully saturated rings. The number of nitrogens with zero attached hydrogens (tertiary/aromatic N) is 5. The molecule has 10 nitrogen and oxygen atoms in total. The molecular formula is C33H34F2N6O4. The topological polar surface area (TPSA) is 111 Å². The number of ketones is 1. The molecule has 234 valence electrons. The van der Waals surface area contributed by atoms with Gasteiger partial charge in [0.1, 0.15) is 11.9 Å². The Bertz CT molecular complexity index is 1690. The lowest BCUT2D eigenvalue weighted by atomic mass is 9.91. The number of methoxy groups -OCH3 is 1. The van der Waals surface area contributed by atoms with Gasteiger partial charge in [-0.25, -0.2) is 19.0 Å². The second-order valence-corrected chi connectivity index (χ2v) is 11.5. The Labute approximate surface area is 259 Å². The largest absolute Gasteiger partial charge is 0.383 e. The zero-order valence-corrected chi connectivity index (χ0v) is 25.1. The van der Waals surface area contributed by atoms with Crippen LogP contribution >= 0.6 is 0 Å². The van der Waals surface area contributed by atoms with Crippen molar-refractivity contribution in [3.63, 3.8) is 0 Å². The highest BCUT2D eigenvalue weighted by atomic mass is 19.1. The van der Waals surface area contributed by atoms with E-state index in [4.69, 9.17) is 14.7 Å². The smallest absolute Gasteiger partial charge is 0.273 e. The summed E-state index contributed by atoms with van der Waals surface area (Å²) in [6.45, 7) is 3.25. The van der Waals surface area contributed by atoms with Crippen LogP contribution in [0.25, 0.3) is 16.9 Å². The van der Waals surface area contributed by atoms with Gasteiger partial charge in [-0.05, 0) is 61.2 Å². The van der Waals surface area contributed by atoms with Crippen LogP contribution in [0.1, 0.15) is 52.7 Å². The summed E-state index contributed by atoms with van der Waals surface area (Å²) in [4.78, 5) is 40.1. The maximum Gasteiger partial charge on any atom is 0.273 e. The molecule has 1 amide bonds. The van der Waals surface area contributed by atoms with Crippen molar-refractivity contribution in [1.29, 1.82) is 0 Å². The molecule has 1 saturated carbocycles. The number of Topliss-reactive ketones (excluding diaryl/α,β-unsaturated/α-hetero) is 1. The highest BCUT2D eigenvalue weighted by Gasteiger charge is 2.37. The van der Waals surface area contributed by atoms with Gasteiger partial charge in [0.05, 0.1) is 23.7 Å². The fourth-order valence-electron chi connectivity index (χ4n) is 5.65. The summed E-state index contributed by atoms with van der Waals surface area (Å²) < 4.78 is 36.0. The average Bonchev–Trinajstić information content (AvgIpc) is 3.67. The summed E-state index contributed by atoms with van der Waals surface area (Å²) in [6, 6.07) is 13.7. The molecule has 2 aliphatic rings. The summed E-state index contributed by atoms with van der Waals surface area (Å²) in [7, 11) is 1.60. The van der Waals surface area contributed by atoms with Crippen molar-refractivity contribution in [2.45, 2.75) is 44.8 Å². The minimum absolute atomic E-state index is 0.0531. The number of hydrogen-bond donors (Lipinski definition) is 1. The molecule has 2 atom stereocenters. The van der Waals surface area contributed by atoms with Gasteiger partial charge in [-0.2, -0.15) is 14.6 Å². The number of hydrogen-bond acceptors (Lipinski definition) is 8. The second-order valence-electron chi connectivity index (χ2n) is 11.5. The highest BCUT2D eigenvalue weighted by Crippen LogP contribution is 2.37. The van der Waals surface area contributed by atoms with Crippen LogP contribution in [-0.4, -0.2) is 69.4 Å². The number of rotatable bonds is 12. The molecule has 0 unspecified atom stereocenters. The number of halogens is 2. The predicted molar refractivity (Wildman–Crippen MR) is 160 cm³/mol. The number of carbonyl (C=O) groups excluding carboxylic acids is 2. The van der Waals surface area contributed by atoms with Crippen LogP contribution in [-0.2, 0) is 20.8 Å². The molecule has 0 radical (unpaired) electrons. The van der Waals surface area contributed by atoms with Crippen LogP contribution in [0.15, 0.2) is 60.9 Å². The van der Waals surface area contributed by atoms with E-state index in [-0.39, 0.29) is 36.3 Å². The third-order valence-corrected chi connectivity index (χ3v) is 8.09. The molecule has 1 aliphatic heterocycles. The third kappa shape index (κ3) is 6.98. The number of carbonyl (C=O) groups is 2. The molecule has 4 heterocycles. The van der Waals surface area contributed by atoms with Crippen molar-refractivity contribution in [2.75, 3.05) is 26.8 Å². The number of hydroxylamine groups is 2. The number of benzene rings is 1. The summed E-state index contributed by atoms with van der Waals surface area (Å²) in [5.74, 6) is -2.19. The molecule has 1 saturated heterocycles. The predicted octanol–water partition coefficient (Wildman–Crippen LogP) is 4.56. The van der Waals surface area contributed by atoms with Crippen molar-refractivity contribution >= 4 is 11.7 Å². The first-order valence-electron chi connectivity index (χ1n) is 14.9. The Hall–Kier alpha value is -4.39. The standard InChI is InChI=1S/C33H34F2N6O4/c1-20-28(17-26(42)14-23-19-40(12-13-44-2)45-32(23)21-10-11-36-29(35)16-21)41(25-6-4-3-5-7-25)39-30(20)22-15-27(34)31(37-18-22)33(43)38-24-8-9-24/h3-7,10-11,15-16,18,23-24,32H,8-9,12-14,17,19H2,1-2H3,(H,38,43)/t23-,32+/m1/s1. The molecule has 3 aromatic heterocycles. The Kier molecular flexibility index (Phi) is 9.06. The number of amides is 1. The Morgan fingerprint density at radius 1 is 1.11 bits per heavy atom. The van der Waals surface area contributed by atoms with E-state index in [9.17, 15) is 14.0 Å². The summed E-state index contributed by atoms with van der Waals surface area (Å²) >= 11 is 0. The quantitative estimate of drug-likeness (QED) is 0.231. The number of pyridine rings is 2. The fourth-order valence-corrected chi connectivity index (χ4v) is 5.65. The number of para-hydroxylation sites is 1. The lowest BCUT2D eigenvalue weighted by Crippen LogP contribution is -2.27. The van der Waals surface area contributed by atoms with Crippen LogP contribution in [0.5, 0.6) is 0 Å². The van der Waals surface area contributed by atoms with Crippen LogP contribution in [0.4, 0.5) is 8.78 Å². The Morgan fingerprint density at radius 2 is 1.91 bits per heavy atom. The van der Waals surface area contributed by atoms with Gasteiger partial charge in [-0.3, -0.25) is 14.4 Å². The van der Waals surface area contributed by atoms with Crippen molar-refractivity contribution in [2.24, 2.45) is 5.92 Å². The molecule has 4 aromatic rings. The van der Waals surface area contributed by atoms with E-state index in [1.165, 1.54) is 24.5 Å². The van der Waals surface area contributed by atoms with Gasteiger partial charge >= 0.3 is 0 Å². The second kappa shape index (κ2) is 13.3. The monoisotopic (exact) mass is 616 g/mol. The van der Waals surface area contributed by atoms with Crippen LogP contribution < -0.4 is 5.32 Å². The first-order valence-corrected chi connectivity index (χ1v) is 14.9. The molecule has 12 heteroatoms. The SMILES string of the molecule is COCCN1C[C@@H](CC(=O)Cc2c(C)c(-c3cnc(C(=O)NC4CC4)c(F)c3)nn2-c2ccccc2)[C@H](c2ccnc(F)c2)O1. The molecule has 0 spiro atoms. The van der Waals surface area contributed by atoms with Crippen molar-refractivity contribution < 1.29 is 27.9 Å². The molecule has 6 rings (SSSR count). The molecule has 1 aliphatic carbocycles. The van der Waals surface area contributed by atoms with E-state index in [1.807, 2.05) is 37.3 Å². The van der Waals surface area contributed by atoms with E-state index < -0.39 is 23.8 Å². The van der Waals surface area contributed by atoms with E-state index in [0.29, 0.717) is 47.8 Å². The molecule has 0 bridgehead atoms. The average molecular weight is 617 g/mol. The van der Waals surface area contributed by atoms with Gasteiger partial charge < -0.3 is 10.1 Å². The molecule has 1 N–H and O–H groups in total. The van der Waals surface area contributed by atoms with Gasteiger partial charge in [0.25, 0.3) is 5.91 Å². The normalized spacial score (nSPS) is 18.3. The van der Waals surface area contributed by atoms with E-state index in [1.54, 1.807) is 22.9 Å². The maximum atomic E-state index is 15.1. The van der Waals surface area contributed by atoms with Crippen molar-refractivity contribution in [3.8, 4) is 16.9 Å². The van der Waals surface area contributed by atoms with E-state index >= 15 is 4.39 Å².